The first-order chi connectivity index (χ1) is 7.51. The number of hydrogen-bond acceptors (Lipinski definition) is 5. The maximum Gasteiger partial charge on any atom is 1.00 e. The van der Waals surface area contributed by atoms with E-state index in [2.05, 4.69) is 0 Å². The molecule has 1 aromatic rings. The Morgan fingerprint density at radius 1 is 0.944 bits per heavy atom. The van der Waals surface area contributed by atoms with E-state index in [1.807, 2.05) is 0 Å². The summed E-state index contributed by atoms with van der Waals surface area (Å²) >= 11 is 0. The van der Waals surface area contributed by atoms with Gasteiger partial charge in [-0.25, -0.2) is 4.79 Å². The van der Waals surface area contributed by atoms with E-state index in [-0.39, 0.29) is 31.0 Å². The van der Waals surface area contributed by atoms with Crippen LogP contribution in [0.4, 0.5) is 0 Å². The van der Waals surface area contributed by atoms with E-state index in [4.69, 9.17) is 14.2 Å². The fourth-order valence-corrected chi connectivity index (χ4v) is 2.17. The molecule has 3 N–H and O–H groups in total. The Bertz CT molecular complexity index is 631. The molecule has 0 aliphatic carbocycles. The quantitative estimate of drug-likeness (QED) is 0.395. The number of benzene rings is 1. The number of carbonyl (C=O) groups is 1. The molecule has 0 spiro atoms. The molecule has 0 atom stereocenters. The Kier molecular flexibility index (Phi) is 5.50. The first-order valence-corrected chi connectivity index (χ1v) is 6.73. The zero-order valence-corrected chi connectivity index (χ0v) is 12.6. The van der Waals surface area contributed by atoms with Crippen molar-refractivity contribution < 1.29 is 66.8 Å². The molecule has 0 aliphatic rings. The first-order valence-electron chi connectivity index (χ1n) is 3.85. The third-order valence-corrected chi connectivity index (χ3v) is 3.39. The molecule has 0 fully saturated rings. The van der Waals surface area contributed by atoms with Gasteiger partial charge in [0, 0.05) is 0 Å². The fourth-order valence-electron chi connectivity index (χ4n) is 0.993. The van der Waals surface area contributed by atoms with Gasteiger partial charge in [0.25, 0.3) is 20.2 Å². The summed E-state index contributed by atoms with van der Waals surface area (Å²) in [6.45, 7) is 0. The van der Waals surface area contributed by atoms with Gasteiger partial charge in [-0.05, 0) is 18.2 Å². The van der Waals surface area contributed by atoms with E-state index in [9.17, 15) is 21.6 Å². The number of hydrogen-bond donors (Lipinski definition) is 3. The van der Waals surface area contributed by atoms with E-state index in [0.29, 0.717) is 18.2 Å². The number of rotatable bonds is 3. The van der Waals surface area contributed by atoms with Crippen molar-refractivity contribution >= 4 is 26.2 Å². The molecule has 0 aliphatic heterocycles. The van der Waals surface area contributed by atoms with Crippen LogP contribution in [0.3, 0.4) is 0 Å². The van der Waals surface area contributed by atoms with Crippen molar-refractivity contribution in [3.8, 4) is 0 Å². The molecule has 0 radical (unpaired) electrons. The minimum Gasteiger partial charge on any atom is -1.00 e. The fraction of sp³-hybridized carbons (Fsp3) is 0. The van der Waals surface area contributed by atoms with Gasteiger partial charge in [-0.2, -0.15) is 16.8 Å². The Hall–Kier alpha value is -0.490. The molecule has 0 unspecified atom stereocenters. The van der Waals surface area contributed by atoms with E-state index in [1.54, 1.807) is 0 Å². The molecular weight excluding hydrogens is 299 g/mol. The van der Waals surface area contributed by atoms with Crippen molar-refractivity contribution in [2.75, 3.05) is 0 Å². The van der Waals surface area contributed by atoms with Gasteiger partial charge in [-0.3, -0.25) is 9.11 Å². The van der Waals surface area contributed by atoms with Crippen LogP contribution in [0.5, 0.6) is 0 Å². The smallest absolute Gasteiger partial charge is 1.00 e. The molecule has 8 nitrogen and oxygen atoms in total. The SMILES string of the molecule is O=C(O)c1cc(S(=O)(=O)O)cc(S(=O)(=O)O)c1.[H-].[Na+]. The largest absolute Gasteiger partial charge is 1.00 e. The summed E-state index contributed by atoms with van der Waals surface area (Å²) in [4.78, 5) is 8.73. The van der Waals surface area contributed by atoms with Crippen molar-refractivity contribution in [2.45, 2.75) is 9.79 Å². The van der Waals surface area contributed by atoms with Crippen LogP contribution in [-0.2, 0) is 20.2 Å². The second-order valence-electron chi connectivity index (χ2n) is 2.95. The van der Waals surface area contributed by atoms with Crippen molar-refractivity contribution in [3.05, 3.63) is 23.8 Å². The summed E-state index contributed by atoms with van der Waals surface area (Å²) in [5.74, 6) is -1.61. The maximum atomic E-state index is 10.8. The molecule has 0 heterocycles. The maximum absolute atomic E-state index is 10.8. The van der Waals surface area contributed by atoms with E-state index >= 15 is 0 Å². The molecule has 11 heteroatoms. The van der Waals surface area contributed by atoms with Crippen molar-refractivity contribution in [3.63, 3.8) is 0 Å². The first kappa shape index (κ1) is 17.5. The van der Waals surface area contributed by atoms with E-state index in [0.717, 1.165) is 0 Å². The van der Waals surface area contributed by atoms with Crippen molar-refractivity contribution in [1.82, 2.24) is 0 Å². The van der Waals surface area contributed by atoms with Crippen LogP contribution in [0.25, 0.3) is 0 Å². The molecule has 1 aromatic carbocycles. The zero-order chi connectivity index (χ0) is 13.4. The minimum atomic E-state index is -4.78. The molecule has 18 heavy (non-hydrogen) atoms. The molecule has 1 rings (SSSR count). The summed E-state index contributed by atoms with van der Waals surface area (Å²) in [5.41, 5.74) is -0.701. The predicted molar refractivity (Wildman–Crippen MR) is 54.1 cm³/mol. The number of carboxylic acid groups (broad SMARTS) is 1. The van der Waals surface area contributed by atoms with Crippen LogP contribution >= 0.6 is 0 Å². The number of aromatic carboxylic acids is 1. The van der Waals surface area contributed by atoms with Crippen LogP contribution in [0.1, 0.15) is 11.8 Å². The van der Waals surface area contributed by atoms with Crippen molar-refractivity contribution in [1.29, 1.82) is 0 Å². The average Bonchev–Trinajstić information content (AvgIpc) is 2.14. The molecule has 0 saturated carbocycles. The normalized spacial score (nSPS) is 11.7. The Labute approximate surface area is 126 Å². The van der Waals surface area contributed by atoms with Gasteiger partial charge in [-0.15, -0.1) is 0 Å². The minimum absolute atomic E-state index is 0. The van der Waals surface area contributed by atoms with Gasteiger partial charge >= 0.3 is 35.5 Å². The third-order valence-electron chi connectivity index (χ3n) is 1.72. The monoisotopic (exact) mass is 306 g/mol. The standard InChI is InChI=1S/C7H6O8S2.Na.H/c8-7(9)4-1-5(16(10,11)12)3-6(2-4)17(13,14)15;;/h1-3H,(H,8,9)(H,10,11,12)(H,13,14,15);;/q;+1;-1. The summed E-state index contributed by atoms with van der Waals surface area (Å²) < 4.78 is 60.5. The summed E-state index contributed by atoms with van der Waals surface area (Å²) in [6, 6.07) is 1.57. The van der Waals surface area contributed by atoms with Crippen molar-refractivity contribution in [2.24, 2.45) is 0 Å². The van der Waals surface area contributed by atoms with Crippen LogP contribution in [0, 0.1) is 0 Å². The number of carboxylic acids is 1. The zero-order valence-electron chi connectivity index (χ0n) is 9.93. The average molecular weight is 306 g/mol. The second-order valence-corrected chi connectivity index (χ2v) is 5.79. The second kappa shape index (κ2) is 5.65. The Morgan fingerprint density at radius 2 is 1.28 bits per heavy atom. The summed E-state index contributed by atoms with van der Waals surface area (Å²) in [6.07, 6.45) is 0. The van der Waals surface area contributed by atoms with Crippen LogP contribution in [0.2, 0.25) is 0 Å². The van der Waals surface area contributed by atoms with E-state index in [1.165, 1.54) is 0 Å². The van der Waals surface area contributed by atoms with Gasteiger partial charge in [-0.1, -0.05) is 0 Å². The van der Waals surface area contributed by atoms with Gasteiger partial charge in [0.1, 0.15) is 0 Å². The molecule has 0 amide bonds. The molecule has 0 saturated heterocycles. The van der Waals surface area contributed by atoms with Crippen LogP contribution < -0.4 is 29.6 Å². The van der Waals surface area contributed by atoms with Gasteiger partial charge < -0.3 is 6.53 Å². The molecule has 0 bridgehead atoms. The summed E-state index contributed by atoms with van der Waals surface area (Å²) in [5, 5.41) is 8.61. The molecular formula is C7H7NaO8S2. The van der Waals surface area contributed by atoms with Gasteiger partial charge in [0.2, 0.25) is 0 Å². The predicted octanol–water partition coefficient (Wildman–Crippen LogP) is -3.01. The van der Waals surface area contributed by atoms with Gasteiger partial charge in [0.15, 0.2) is 0 Å². The van der Waals surface area contributed by atoms with Gasteiger partial charge in [0.05, 0.1) is 15.4 Å². The Morgan fingerprint density at radius 3 is 1.50 bits per heavy atom. The summed E-state index contributed by atoms with van der Waals surface area (Å²) in [7, 11) is -9.56. The molecule has 0 aromatic heterocycles. The Balaban J connectivity index is 0. The van der Waals surface area contributed by atoms with Crippen LogP contribution in [0.15, 0.2) is 28.0 Å². The molecule has 96 valence electrons. The van der Waals surface area contributed by atoms with Crippen LogP contribution in [-0.4, -0.2) is 37.0 Å². The van der Waals surface area contributed by atoms with E-state index < -0.39 is 41.6 Å². The topological polar surface area (TPSA) is 146 Å². The third kappa shape index (κ3) is 4.31.